The minimum absolute atomic E-state index is 0.0309. The molecule has 0 radical (unpaired) electrons. The molecular formula is C17H18ClNO. The second-order valence-electron chi connectivity index (χ2n) is 4.67. The molecule has 1 N–H and O–H groups in total. The van der Waals surface area contributed by atoms with Gasteiger partial charge in [-0.1, -0.05) is 60.7 Å². The standard InChI is InChI=1S/C17H18ClNO/c18-13-16(15-9-5-2-6-10-15)19-17(20)12-11-14-7-3-1-4-8-14/h1-10,16H,11-13H2,(H,19,20). The number of halogens is 1. The van der Waals surface area contributed by atoms with Gasteiger partial charge in [-0.2, -0.15) is 0 Å². The summed E-state index contributed by atoms with van der Waals surface area (Å²) in [6.07, 6.45) is 1.22. The Labute approximate surface area is 124 Å². The average molecular weight is 288 g/mol. The minimum atomic E-state index is -0.124. The Morgan fingerprint density at radius 2 is 1.60 bits per heavy atom. The van der Waals surface area contributed by atoms with Gasteiger partial charge in [-0.05, 0) is 17.5 Å². The van der Waals surface area contributed by atoms with E-state index >= 15 is 0 Å². The lowest BCUT2D eigenvalue weighted by atomic mass is 10.1. The van der Waals surface area contributed by atoms with E-state index in [0.29, 0.717) is 12.3 Å². The van der Waals surface area contributed by atoms with E-state index in [1.165, 1.54) is 5.56 Å². The molecule has 2 nitrogen and oxygen atoms in total. The van der Waals surface area contributed by atoms with E-state index in [1.54, 1.807) is 0 Å². The van der Waals surface area contributed by atoms with Crippen LogP contribution in [-0.2, 0) is 11.2 Å². The highest BCUT2D eigenvalue weighted by atomic mass is 35.5. The molecule has 0 aliphatic rings. The number of hydrogen-bond donors (Lipinski definition) is 1. The quantitative estimate of drug-likeness (QED) is 0.806. The molecule has 2 rings (SSSR count). The summed E-state index contributed by atoms with van der Waals surface area (Å²) in [7, 11) is 0. The normalized spacial score (nSPS) is 11.8. The van der Waals surface area contributed by atoms with Gasteiger partial charge in [0.15, 0.2) is 0 Å². The van der Waals surface area contributed by atoms with Crippen LogP contribution in [0.3, 0.4) is 0 Å². The van der Waals surface area contributed by atoms with E-state index < -0.39 is 0 Å². The molecule has 1 amide bonds. The van der Waals surface area contributed by atoms with Crippen LogP contribution in [0.5, 0.6) is 0 Å². The number of aryl methyl sites for hydroxylation is 1. The fourth-order valence-electron chi connectivity index (χ4n) is 2.07. The Morgan fingerprint density at radius 1 is 1.00 bits per heavy atom. The number of nitrogens with one attached hydrogen (secondary N) is 1. The van der Waals surface area contributed by atoms with Gasteiger partial charge < -0.3 is 5.32 Å². The summed E-state index contributed by atoms with van der Waals surface area (Å²) in [5, 5.41) is 2.98. The fourth-order valence-corrected chi connectivity index (χ4v) is 2.32. The SMILES string of the molecule is O=C(CCc1ccccc1)NC(CCl)c1ccccc1. The van der Waals surface area contributed by atoms with Crippen LogP contribution in [0.25, 0.3) is 0 Å². The maximum Gasteiger partial charge on any atom is 0.220 e. The minimum Gasteiger partial charge on any atom is -0.348 e. The molecule has 1 atom stereocenters. The Kier molecular flexibility index (Phi) is 5.63. The van der Waals surface area contributed by atoms with Crippen LogP contribution in [-0.4, -0.2) is 11.8 Å². The van der Waals surface area contributed by atoms with E-state index in [-0.39, 0.29) is 11.9 Å². The van der Waals surface area contributed by atoms with Crippen molar-refractivity contribution in [2.45, 2.75) is 18.9 Å². The molecule has 0 fully saturated rings. The monoisotopic (exact) mass is 287 g/mol. The molecule has 0 saturated carbocycles. The number of carbonyl (C=O) groups is 1. The van der Waals surface area contributed by atoms with E-state index in [2.05, 4.69) is 5.32 Å². The van der Waals surface area contributed by atoms with Crippen LogP contribution in [0.2, 0.25) is 0 Å². The third kappa shape index (κ3) is 4.39. The summed E-state index contributed by atoms with van der Waals surface area (Å²) in [5.41, 5.74) is 2.21. The highest BCUT2D eigenvalue weighted by molar-refractivity contribution is 6.18. The molecule has 104 valence electrons. The van der Waals surface area contributed by atoms with Crippen molar-refractivity contribution in [2.24, 2.45) is 0 Å². The molecule has 2 aromatic carbocycles. The van der Waals surface area contributed by atoms with Crippen molar-refractivity contribution in [1.82, 2.24) is 5.32 Å². The molecule has 0 spiro atoms. The highest BCUT2D eigenvalue weighted by Crippen LogP contribution is 2.14. The van der Waals surface area contributed by atoms with Gasteiger partial charge in [0.25, 0.3) is 0 Å². The van der Waals surface area contributed by atoms with Gasteiger partial charge in [-0.3, -0.25) is 4.79 Å². The van der Waals surface area contributed by atoms with Crippen molar-refractivity contribution in [3.05, 3.63) is 71.8 Å². The largest absolute Gasteiger partial charge is 0.348 e. The summed E-state index contributed by atoms with van der Waals surface area (Å²) in [4.78, 5) is 12.0. The Balaban J connectivity index is 1.87. The zero-order valence-electron chi connectivity index (χ0n) is 11.3. The summed E-state index contributed by atoms with van der Waals surface area (Å²) in [6.45, 7) is 0. The van der Waals surface area contributed by atoms with Gasteiger partial charge >= 0.3 is 0 Å². The van der Waals surface area contributed by atoms with Crippen molar-refractivity contribution in [1.29, 1.82) is 0 Å². The van der Waals surface area contributed by atoms with Crippen LogP contribution >= 0.6 is 11.6 Å². The predicted octanol–water partition coefficient (Wildman–Crippen LogP) is 3.72. The molecule has 0 bridgehead atoms. The summed E-state index contributed by atoms with van der Waals surface area (Å²) >= 11 is 5.95. The van der Waals surface area contributed by atoms with Gasteiger partial charge in [-0.25, -0.2) is 0 Å². The third-order valence-corrected chi connectivity index (χ3v) is 3.48. The lowest BCUT2D eigenvalue weighted by Crippen LogP contribution is -2.29. The smallest absolute Gasteiger partial charge is 0.220 e. The number of rotatable bonds is 6. The Bertz CT molecular complexity index is 527. The second kappa shape index (κ2) is 7.71. The molecule has 2 aromatic rings. The zero-order valence-corrected chi connectivity index (χ0v) is 12.0. The van der Waals surface area contributed by atoms with Crippen LogP contribution < -0.4 is 5.32 Å². The van der Waals surface area contributed by atoms with Crippen LogP contribution in [0.15, 0.2) is 60.7 Å². The zero-order chi connectivity index (χ0) is 14.2. The Hall–Kier alpha value is -1.80. The third-order valence-electron chi connectivity index (χ3n) is 3.18. The van der Waals surface area contributed by atoms with Gasteiger partial charge in [0.2, 0.25) is 5.91 Å². The predicted molar refractivity (Wildman–Crippen MR) is 82.8 cm³/mol. The molecule has 0 aliphatic carbocycles. The first-order valence-corrected chi connectivity index (χ1v) is 7.27. The maximum atomic E-state index is 12.0. The lowest BCUT2D eigenvalue weighted by molar-refractivity contribution is -0.121. The van der Waals surface area contributed by atoms with E-state index in [1.807, 2.05) is 60.7 Å². The van der Waals surface area contributed by atoms with Gasteiger partial charge in [-0.15, -0.1) is 11.6 Å². The molecule has 0 saturated heterocycles. The molecule has 20 heavy (non-hydrogen) atoms. The lowest BCUT2D eigenvalue weighted by Gasteiger charge is -2.16. The van der Waals surface area contributed by atoms with Crippen molar-refractivity contribution in [3.8, 4) is 0 Å². The average Bonchev–Trinajstić information content (AvgIpc) is 2.52. The molecule has 0 aromatic heterocycles. The highest BCUT2D eigenvalue weighted by Gasteiger charge is 2.12. The molecule has 0 heterocycles. The summed E-state index contributed by atoms with van der Waals surface area (Å²) in [6, 6.07) is 19.7. The van der Waals surface area contributed by atoms with Gasteiger partial charge in [0.05, 0.1) is 6.04 Å². The van der Waals surface area contributed by atoms with E-state index in [0.717, 1.165) is 12.0 Å². The molecule has 3 heteroatoms. The molecule has 0 aliphatic heterocycles. The van der Waals surface area contributed by atoms with Crippen molar-refractivity contribution in [2.75, 3.05) is 5.88 Å². The van der Waals surface area contributed by atoms with Gasteiger partial charge in [0.1, 0.15) is 0 Å². The number of benzene rings is 2. The summed E-state index contributed by atoms with van der Waals surface area (Å²) in [5.74, 6) is 0.407. The number of amides is 1. The Morgan fingerprint density at radius 3 is 2.20 bits per heavy atom. The maximum absolute atomic E-state index is 12.0. The molecular weight excluding hydrogens is 270 g/mol. The van der Waals surface area contributed by atoms with Crippen LogP contribution in [0, 0.1) is 0 Å². The first kappa shape index (κ1) is 14.6. The first-order chi connectivity index (χ1) is 9.79. The first-order valence-electron chi connectivity index (χ1n) is 6.74. The van der Waals surface area contributed by atoms with E-state index in [9.17, 15) is 4.79 Å². The second-order valence-corrected chi connectivity index (χ2v) is 4.98. The fraction of sp³-hybridized carbons (Fsp3) is 0.235. The molecule has 1 unspecified atom stereocenters. The summed E-state index contributed by atoms with van der Waals surface area (Å²) < 4.78 is 0. The number of carbonyl (C=O) groups excluding carboxylic acids is 1. The number of hydrogen-bond acceptors (Lipinski definition) is 1. The van der Waals surface area contributed by atoms with E-state index in [4.69, 9.17) is 11.6 Å². The van der Waals surface area contributed by atoms with Gasteiger partial charge in [0, 0.05) is 12.3 Å². The number of alkyl halides is 1. The van der Waals surface area contributed by atoms with Crippen LogP contribution in [0.4, 0.5) is 0 Å². The topological polar surface area (TPSA) is 29.1 Å². The van der Waals surface area contributed by atoms with Crippen molar-refractivity contribution >= 4 is 17.5 Å². The van der Waals surface area contributed by atoms with Crippen LogP contribution in [0.1, 0.15) is 23.6 Å². The van der Waals surface area contributed by atoms with Crippen molar-refractivity contribution < 1.29 is 4.79 Å². The van der Waals surface area contributed by atoms with Crippen molar-refractivity contribution in [3.63, 3.8) is 0 Å².